The summed E-state index contributed by atoms with van der Waals surface area (Å²) in [7, 11) is 0. The second kappa shape index (κ2) is 5.34. The van der Waals surface area contributed by atoms with Crippen molar-refractivity contribution in [2.24, 2.45) is 0 Å². The fourth-order valence-corrected chi connectivity index (χ4v) is 1.25. The summed E-state index contributed by atoms with van der Waals surface area (Å²) in [6.07, 6.45) is 8.86. The number of terminal acetylenes is 1. The van der Waals surface area contributed by atoms with E-state index < -0.39 is 0 Å². The molecule has 1 N–H and O–H groups in total. The molecule has 0 spiro atoms. The molecule has 1 heterocycles. The molecule has 1 aromatic rings. The van der Waals surface area contributed by atoms with Crippen molar-refractivity contribution in [2.75, 3.05) is 6.61 Å². The van der Waals surface area contributed by atoms with Gasteiger partial charge in [-0.1, -0.05) is 6.07 Å². The number of aromatic nitrogens is 1. The zero-order chi connectivity index (χ0) is 9.52. The van der Waals surface area contributed by atoms with Gasteiger partial charge in [-0.25, -0.2) is 0 Å². The zero-order valence-electron chi connectivity index (χ0n) is 7.61. The Labute approximate surface area is 78.8 Å². The van der Waals surface area contributed by atoms with Crippen LogP contribution in [0.1, 0.15) is 12.1 Å². The topological polar surface area (TPSA) is 24.1 Å². The largest absolute Gasteiger partial charge is 0.396 e. The summed E-state index contributed by atoms with van der Waals surface area (Å²) in [5.41, 5.74) is 1.18. The van der Waals surface area contributed by atoms with Crippen molar-refractivity contribution in [1.82, 2.24) is 0 Å². The van der Waals surface area contributed by atoms with Gasteiger partial charge in [-0.3, -0.25) is 0 Å². The lowest BCUT2D eigenvalue weighted by Crippen LogP contribution is -2.37. The first-order valence-corrected chi connectivity index (χ1v) is 4.40. The maximum Gasteiger partial charge on any atom is 0.209 e. The third kappa shape index (κ3) is 2.89. The van der Waals surface area contributed by atoms with Crippen LogP contribution in [0.4, 0.5) is 0 Å². The molecule has 0 aliphatic rings. The number of hydrogen-bond donors (Lipinski definition) is 1. The van der Waals surface area contributed by atoms with Crippen LogP contribution in [0.25, 0.3) is 0 Å². The second-order valence-corrected chi connectivity index (χ2v) is 2.85. The molecule has 0 unspecified atom stereocenters. The minimum absolute atomic E-state index is 0.227. The van der Waals surface area contributed by atoms with Gasteiger partial charge in [-0.2, -0.15) is 4.57 Å². The van der Waals surface area contributed by atoms with Crippen molar-refractivity contribution >= 4 is 0 Å². The van der Waals surface area contributed by atoms with Crippen LogP contribution in [-0.4, -0.2) is 11.7 Å². The number of aliphatic hydroxyl groups is 1. The van der Waals surface area contributed by atoms with E-state index in [9.17, 15) is 0 Å². The van der Waals surface area contributed by atoms with E-state index >= 15 is 0 Å². The van der Waals surface area contributed by atoms with Gasteiger partial charge in [0.25, 0.3) is 0 Å². The molecule has 0 bridgehead atoms. The fraction of sp³-hybridized carbons (Fsp3) is 0.364. The quantitative estimate of drug-likeness (QED) is 0.525. The Bertz CT molecular complexity index is 301. The Morgan fingerprint density at radius 2 is 2.31 bits per heavy atom. The molecule has 0 atom stereocenters. The molecule has 2 heteroatoms. The molecule has 0 amide bonds. The molecule has 0 fully saturated rings. The summed E-state index contributed by atoms with van der Waals surface area (Å²) in [6.45, 7) is 0.826. The average Bonchev–Trinajstić information content (AvgIpc) is 2.17. The zero-order valence-corrected chi connectivity index (χ0v) is 7.61. The molecule has 1 aromatic heterocycles. The van der Waals surface area contributed by atoms with E-state index in [0.717, 1.165) is 12.8 Å². The molecule has 0 radical (unpaired) electrons. The number of pyridine rings is 1. The predicted octanol–water partition coefficient (Wildman–Crippen LogP) is 0.532. The van der Waals surface area contributed by atoms with E-state index in [4.69, 9.17) is 11.5 Å². The van der Waals surface area contributed by atoms with Crippen molar-refractivity contribution in [3.63, 3.8) is 0 Å². The Hall–Kier alpha value is -1.33. The molecule has 1 rings (SSSR count). The van der Waals surface area contributed by atoms with Crippen LogP contribution in [0.5, 0.6) is 0 Å². The summed E-state index contributed by atoms with van der Waals surface area (Å²) in [5, 5.41) is 8.70. The summed E-state index contributed by atoms with van der Waals surface area (Å²) >= 11 is 0. The van der Waals surface area contributed by atoms with Crippen LogP contribution < -0.4 is 4.57 Å². The SMILES string of the molecule is C#CC[n+]1ccccc1CCCO. The molecule has 0 saturated carbocycles. The highest BCUT2D eigenvalue weighted by atomic mass is 16.2. The summed E-state index contributed by atoms with van der Waals surface area (Å²) < 4.78 is 2.02. The molecule has 0 aromatic carbocycles. The number of rotatable bonds is 4. The Morgan fingerprint density at radius 3 is 3.00 bits per heavy atom. The highest BCUT2D eigenvalue weighted by molar-refractivity contribution is 4.98. The number of aryl methyl sites for hydroxylation is 1. The monoisotopic (exact) mass is 176 g/mol. The van der Waals surface area contributed by atoms with Gasteiger partial charge < -0.3 is 5.11 Å². The van der Waals surface area contributed by atoms with Crippen LogP contribution in [0.3, 0.4) is 0 Å². The fourth-order valence-electron chi connectivity index (χ4n) is 1.25. The molecular weight excluding hydrogens is 162 g/mol. The molecule has 0 aliphatic carbocycles. The maximum atomic E-state index is 8.70. The van der Waals surface area contributed by atoms with Crippen molar-refractivity contribution in [3.05, 3.63) is 30.1 Å². The van der Waals surface area contributed by atoms with Gasteiger partial charge in [0.15, 0.2) is 11.9 Å². The van der Waals surface area contributed by atoms with Crippen LogP contribution in [0.15, 0.2) is 24.4 Å². The van der Waals surface area contributed by atoms with Crippen LogP contribution in [0, 0.1) is 12.3 Å². The van der Waals surface area contributed by atoms with Gasteiger partial charge >= 0.3 is 0 Å². The predicted molar refractivity (Wildman–Crippen MR) is 50.9 cm³/mol. The first-order chi connectivity index (χ1) is 6.38. The smallest absolute Gasteiger partial charge is 0.209 e. The standard InChI is InChI=1S/C11H14NO/c1-2-8-12-9-4-3-6-11(12)7-5-10-13/h1,3-4,6,9,13H,5,7-8,10H2/q+1. The molecule has 2 nitrogen and oxygen atoms in total. The Kier molecular flexibility index (Phi) is 4.01. The third-order valence-corrected chi connectivity index (χ3v) is 1.89. The second-order valence-electron chi connectivity index (χ2n) is 2.85. The van der Waals surface area contributed by atoms with E-state index in [-0.39, 0.29) is 6.61 Å². The van der Waals surface area contributed by atoms with Gasteiger partial charge in [0, 0.05) is 25.2 Å². The van der Waals surface area contributed by atoms with Crippen LogP contribution >= 0.6 is 0 Å². The third-order valence-electron chi connectivity index (χ3n) is 1.89. The van der Waals surface area contributed by atoms with Crippen molar-refractivity contribution < 1.29 is 9.67 Å². The van der Waals surface area contributed by atoms with E-state index in [2.05, 4.69) is 5.92 Å². The molecule has 0 saturated heterocycles. The minimum atomic E-state index is 0.227. The van der Waals surface area contributed by atoms with E-state index in [1.54, 1.807) is 0 Å². The van der Waals surface area contributed by atoms with Crippen molar-refractivity contribution in [3.8, 4) is 12.3 Å². The number of nitrogens with zero attached hydrogens (tertiary/aromatic N) is 1. The number of hydrogen-bond acceptors (Lipinski definition) is 1. The lowest BCUT2D eigenvalue weighted by Gasteiger charge is -1.99. The highest BCUT2D eigenvalue weighted by Gasteiger charge is 2.06. The lowest BCUT2D eigenvalue weighted by molar-refractivity contribution is -0.692. The minimum Gasteiger partial charge on any atom is -0.396 e. The molecular formula is C11H14NO+. The summed E-state index contributed by atoms with van der Waals surface area (Å²) in [4.78, 5) is 0. The van der Waals surface area contributed by atoms with Crippen LogP contribution in [-0.2, 0) is 13.0 Å². The summed E-state index contributed by atoms with van der Waals surface area (Å²) in [5.74, 6) is 2.60. The van der Waals surface area contributed by atoms with Gasteiger partial charge in [0.1, 0.15) is 0 Å². The van der Waals surface area contributed by atoms with E-state index in [0.29, 0.717) is 6.54 Å². The molecule has 68 valence electrons. The van der Waals surface area contributed by atoms with Crippen molar-refractivity contribution in [1.29, 1.82) is 0 Å². The number of aliphatic hydroxyl groups excluding tert-OH is 1. The lowest BCUT2D eigenvalue weighted by atomic mass is 10.2. The van der Waals surface area contributed by atoms with Gasteiger partial charge in [-0.15, -0.1) is 6.42 Å². The normalized spacial score (nSPS) is 9.54. The van der Waals surface area contributed by atoms with Crippen LogP contribution in [0.2, 0.25) is 0 Å². The maximum absolute atomic E-state index is 8.70. The van der Waals surface area contributed by atoms with Gasteiger partial charge in [-0.05, 0) is 12.3 Å². The van der Waals surface area contributed by atoms with Gasteiger partial charge in [0.05, 0.1) is 0 Å². The summed E-state index contributed by atoms with van der Waals surface area (Å²) in [6, 6.07) is 5.98. The first-order valence-electron chi connectivity index (χ1n) is 4.40. The van der Waals surface area contributed by atoms with Gasteiger partial charge in [0.2, 0.25) is 6.54 Å². The Balaban J connectivity index is 2.73. The van der Waals surface area contributed by atoms with E-state index in [1.165, 1.54) is 5.69 Å². The van der Waals surface area contributed by atoms with Crippen molar-refractivity contribution in [2.45, 2.75) is 19.4 Å². The average molecular weight is 176 g/mol. The Morgan fingerprint density at radius 1 is 1.46 bits per heavy atom. The molecule has 0 aliphatic heterocycles. The molecule has 13 heavy (non-hydrogen) atoms. The first kappa shape index (κ1) is 9.76. The van der Waals surface area contributed by atoms with E-state index in [1.807, 2.05) is 29.0 Å². The highest BCUT2D eigenvalue weighted by Crippen LogP contribution is 1.95.